The van der Waals surface area contributed by atoms with E-state index in [9.17, 15) is 4.79 Å². The summed E-state index contributed by atoms with van der Waals surface area (Å²) in [5.74, 6) is 1.82. The first-order valence-electron chi connectivity index (χ1n) is 9.63. The van der Waals surface area contributed by atoms with Crippen molar-refractivity contribution < 1.29 is 9.21 Å². The zero-order chi connectivity index (χ0) is 18.4. The molecule has 1 atom stereocenters. The van der Waals surface area contributed by atoms with Crippen molar-refractivity contribution in [3.8, 4) is 0 Å². The number of carbonyl (C=O) groups is 1. The Bertz CT molecular complexity index is 599. The van der Waals surface area contributed by atoms with Crippen molar-refractivity contribution >= 4 is 35.8 Å². The molecule has 0 aromatic carbocycles. The standard InChI is InChI=1S/C19H31N5O2.HI/c1-22(2)18(25)14-21-19(20-9-7-17-6-5-13-26-17)24-12-8-16(15-24)23-10-3-4-11-23;/h5-6,13,16H,3-4,7-12,14-15H2,1-2H3,(H,20,21);1H. The van der Waals surface area contributed by atoms with Gasteiger partial charge in [-0.1, -0.05) is 0 Å². The fraction of sp³-hybridized carbons (Fsp3) is 0.684. The predicted molar refractivity (Wildman–Crippen MR) is 118 cm³/mol. The van der Waals surface area contributed by atoms with Crippen LogP contribution in [0.1, 0.15) is 25.0 Å². The zero-order valence-electron chi connectivity index (χ0n) is 16.4. The molecule has 0 spiro atoms. The summed E-state index contributed by atoms with van der Waals surface area (Å²) >= 11 is 0. The van der Waals surface area contributed by atoms with Crippen LogP contribution in [0.3, 0.4) is 0 Å². The van der Waals surface area contributed by atoms with Crippen molar-refractivity contribution in [1.29, 1.82) is 0 Å². The molecule has 1 amide bonds. The molecule has 1 aromatic heterocycles. The van der Waals surface area contributed by atoms with Gasteiger partial charge in [0.25, 0.3) is 0 Å². The smallest absolute Gasteiger partial charge is 0.243 e. The van der Waals surface area contributed by atoms with Gasteiger partial charge in [0, 0.05) is 46.2 Å². The van der Waals surface area contributed by atoms with Gasteiger partial charge in [0.1, 0.15) is 12.3 Å². The Labute approximate surface area is 179 Å². The number of halogens is 1. The number of guanidine groups is 1. The molecule has 7 nitrogen and oxygen atoms in total. The fourth-order valence-corrected chi connectivity index (χ4v) is 3.64. The van der Waals surface area contributed by atoms with Crippen LogP contribution >= 0.6 is 24.0 Å². The Kier molecular flexibility index (Phi) is 8.88. The molecule has 27 heavy (non-hydrogen) atoms. The molecule has 0 bridgehead atoms. The Morgan fingerprint density at radius 3 is 2.78 bits per heavy atom. The first-order valence-corrected chi connectivity index (χ1v) is 9.63. The number of furan rings is 1. The van der Waals surface area contributed by atoms with E-state index >= 15 is 0 Å². The lowest BCUT2D eigenvalue weighted by Gasteiger charge is -2.25. The lowest BCUT2D eigenvalue weighted by Crippen LogP contribution is -2.44. The van der Waals surface area contributed by atoms with Crippen LogP contribution in [0, 0.1) is 0 Å². The average molecular weight is 489 g/mol. The van der Waals surface area contributed by atoms with Gasteiger partial charge in [0.15, 0.2) is 5.96 Å². The van der Waals surface area contributed by atoms with Gasteiger partial charge >= 0.3 is 0 Å². The highest BCUT2D eigenvalue weighted by atomic mass is 127. The maximum absolute atomic E-state index is 11.9. The molecule has 1 unspecified atom stereocenters. The molecule has 3 rings (SSSR count). The van der Waals surface area contributed by atoms with E-state index in [0.717, 1.165) is 37.8 Å². The number of hydrogen-bond donors (Lipinski definition) is 1. The number of nitrogens with zero attached hydrogens (tertiary/aromatic N) is 4. The molecule has 2 fully saturated rings. The second kappa shape index (κ2) is 10.9. The summed E-state index contributed by atoms with van der Waals surface area (Å²) in [7, 11) is 3.53. The van der Waals surface area contributed by atoms with Crippen molar-refractivity contribution in [2.75, 3.05) is 53.4 Å². The molecule has 0 radical (unpaired) electrons. The van der Waals surface area contributed by atoms with E-state index in [2.05, 4.69) is 20.1 Å². The topological polar surface area (TPSA) is 64.3 Å². The Balaban J connectivity index is 0.00000261. The number of amides is 1. The van der Waals surface area contributed by atoms with Crippen LogP contribution in [-0.4, -0.2) is 86.0 Å². The van der Waals surface area contributed by atoms with E-state index in [0.29, 0.717) is 6.04 Å². The van der Waals surface area contributed by atoms with E-state index in [4.69, 9.17) is 4.42 Å². The number of likely N-dealkylation sites (tertiary alicyclic amines) is 2. The number of likely N-dealkylation sites (N-methyl/N-ethyl adjacent to an activating group) is 1. The molecule has 8 heteroatoms. The van der Waals surface area contributed by atoms with Gasteiger partial charge in [0.05, 0.1) is 6.26 Å². The SMILES string of the molecule is CN(C)C(=O)CN=C(NCCc1ccco1)N1CCC(N2CCCC2)C1.I. The van der Waals surface area contributed by atoms with E-state index < -0.39 is 0 Å². The number of hydrogen-bond acceptors (Lipinski definition) is 4. The molecular weight excluding hydrogens is 457 g/mol. The minimum atomic E-state index is 0. The van der Waals surface area contributed by atoms with E-state index in [1.807, 2.05) is 12.1 Å². The molecule has 2 saturated heterocycles. The zero-order valence-corrected chi connectivity index (χ0v) is 18.7. The van der Waals surface area contributed by atoms with Gasteiger partial charge < -0.3 is 19.5 Å². The molecule has 2 aliphatic rings. The van der Waals surface area contributed by atoms with E-state index in [-0.39, 0.29) is 36.4 Å². The predicted octanol–water partition coefficient (Wildman–Crippen LogP) is 1.64. The highest BCUT2D eigenvalue weighted by Gasteiger charge is 2.30. The summed E-state index contributed by atoms with van der Waals surface area (Å²) in [6.45, 7) is 5.34. The molecule has 1 N–H and O–H groups in total. The third-order valence-electron chi connectivity index (χ3n) is 5.22. The van der Waals surface area contributed by atoms with Gasteiger partial charge in [-0.25, -0.2) is 4.99 Å². The van der Waals surface area contributed by atoms with E-state index in [1.54, 1.807) is 25.3 Å². The van der Waals surface area contributed by atoms with Gasteiger partial charge in [0.2, 0.25) is 5.91 Å². The number of rotatable bonds is 6. The summed E-state index contributed by atoms with van der Waals surface area (Å²) in [5, 5.41) is 3.43. The lowest BCUT2D eigenvalue weighted by atomic mass is 10.2. The van der Waals surface area contributed by atoms with Crippen molar-refractivity contribution in [3.05, 3.63) is 24.2 Å². The molecule has 2 aliphatic heterocycles. The third-order valence-corrected chi connectivity index (χ3v) is 5.22. The molecule has 152 valence electrons. The van der Waals surface area contributed by atoms with Crippen LogP contribution in [0.4, 0.5) is 0 Å². The molecule has 1 aromatic rings. The summed E-state index contributed by atoms with van der Waals surface area (Å²) in [6.07, 6.45) is 6.30. The molecule has 3 heterocycles. The van der Waals surface area contributed by atoms with Crippen LogP contribution < -0.4 is 5.32 Å². The quantitative estimate of drug-likeness (QED) is 0.374. The van der Waals surface area contributed by atoms with Crippen LogP contribution in [0.2, 0.25) is 0 Å². The van der Waals surface area contributed by atoms with Gasteiger partial charge in [-0.15, -0.1) is 24.0 Å². The number of nitrogens with one attached hydrogen (secondary N) is 1. The summed E-state index contributed by atoms with van der Waals surface area (Å²) in [5.41, 5.74) is 0. The first-order chi connectivity index (χ1) is 12.6. The fourth-order valence-electron chi connectivity index (χ4n) is 3.64. The minimum Gasteiger partial charge on any atom is -0.469 e. The minimum absolute atomic E-state index is 0. The Morgan fingerprint density at radius 2 is 2.11 bits per heavy atom. The van der Waals surface area contributed by atoms with Crippen LogP contribution in [-0.2, 0) is 11.2 Å². The highest BCUT2D eigenvalue weighted by Crippen LogP contribution is 2.20. The molecule has 0 saturated carbocycles. The van der Waals surface area contributed by atoms with Crippen molar-refractivity contribution in [2.24, 2.45) is 4.99 Å². The summed E-state index contributed by atoms with van der Waals surface area (Å²) < 4.78 is 5.39. The van der Waals surface area contributed by atoms with Crippen LogP contribution in [0.5, 0.6) is 0 Å². The normalized spacial score (nSPS) is 20.6. The summed E-state index contributed by atoms with van der Waals surface area (Å²) in [4.78, 5) is 23.0. The second-order valence-corrected chi connectivity index (χ2v) is 7.32. The molecular formula is C19H32IN5O2. The molecule has 0 aliphatic carbocycles. The third kappa shape index (κ3) is 6.38. The summed E-state index contributed by atoms with van der Waals surface area (Å²) in [6, 6.07) is 4.49. The Morgan fingerprint density at radius 1 is 1.33 bits per heavy atom. The second-order valence-electron chi connectivity index (χ2n) is 7.32. The van der Waals surface area contributed by atoms with Gasteiger partial charge in [-0.3, -0.25) is 9.69 Å². The maximum atomic E-state index is 11.9. The lowest BCUT2D eigenvalue weighted by molar-refractivity contribution is -0.127. The van der Waals surface area contributed by atoms with Gasteiger partial charge in [-0.05, 0) is 44.5 Å². The van der Waals surface area contributed by atoms with Crippen LogP contribution in [0.15, 0.2) is 27.8 Å². The average Bonchev–Trinajstić information content (AvgIpc) is 3.39. The largest absolute Gasteiger partial charge is 0.469 e. The van der Waals surface area contributed by atoms with Crippen LogP contribution in [0.25, 0.3) is 0 Å². The van der Waals surface area contributed by atoms with E-state index in [1.165, 1.54) is 32.4 Å². The van der Waals surface area contributed by atoms with Crippen molar-refractivity contribution in [3.63, 3.8) is 0 Å². The Hall–Kier alpha value is -1.29. The first kappa shape index (κ1) is 22.0. The highest BCUT2D eigenvalue weighted by molar-refractivity contribution is 14.0. The number of aliphatic imine (C=N–C) groups is 1. The van der Waals surface area contributed by atoms with Gasteiger partial charge in [-0.2, -0.15) is 0 Å². The van der Waals surface area contributed by atoms with Crippen molar-refractivity contribution in [2.45, 2.75) is 31.7 Å². The van der Waals surface area contributed by atoms with Crippen molar-refractivity contribution in [1.82, 2.24) is 20.0 Å². The number of carbonyl (C=O) groups excluding carboxylic acids is 1. The maximum Gasteiger partial charge on any atom is 0.243 e. The monoisotopic (exact) mass is 489 g/mol.